The van der Waals surface area contributed by atoms with E-state index in [1.165, 1.54) is 37.1 Å². The quantitative estimate of drug-likeness (QED) is 0.769. The second kappa shape index (κ2) is 4.62. The number of piperidine rings is 1. The maximum Gasteiger partial charge on any atom is 0.0553 e. The number of nitrogens with zero attached hydrogens (tertiary/aromatic N) is 2. The van der Waals surface area contributed by atoms with Gasteiger partial charge in [-0.1, -0.05) is 12.5 Å². The van der Waals surface area contributed by atoms with Gasteiger partial charge in [0.05, 0.1) is 17.9 Å². The predicted molar refractivity (Wildman–Crippen MR) is 61.7 cm³/mol. The van der Waals surface area contributed by atoms with Gasteiger partial charge in [-0.3, -0.25) is 10.00 Å². The van der Waals surface area contributed by atoms with Gasteiger partial charge in [-0.05, 0) is 31.9 Å². The number of nitrogens with one attached hydrogen (secondary N) is 1. The standard InChI is InChI=1S/C12H19N3/c1-3-7-15-8-5-4-6-11(15)12-10(2)9-13-14-12/h3,9,11H,1,4-8H2,2H3,(H,13,14). The van der Waals surface area contributed by atoms with Crippen molar-refractivity contribution in [2.24, 2.45) is 0 Å². The minimum atomic E-state index is 0.513. The molecule has 1 N–H and O–H groups in total. The van der Waals surface area contributed by atoms with E-state index in [-0.39, 0.29) is 0 Å². The van der Waals surface area contributed by atoms with Crippen molar-refractivity contribution >= 4 is 0 Å². The zero-order valence-electron chi connectivity index (χ0n) is 9.37. The lowest BCUT2D eigenvalue weighted by atomic mass is 9.97. The second-order valence-corrected chi connectivity index (χ2v) is 4.26. The molecule has 3 nitrogen and oxygen atoms in total. The molecule has 82 valence electrons. The van der Waals surface area contributed by atoms with Gasteiger partial charge in [0.1, 0.15) is 0 Å². The minimum Gasteiger partial charge on any atom is -0.291 e. The Morgan fingerprint density at radius 1 is 1.67 bits per heavy atom. The first-order chi connectivity index (χ1) is 7.33. The van der Waals surface area contributed by atoms with Gasteiger partial charge in [0.25, 0.3) is 0 Å². The van der Waals surface area contributed by atoms with E-state index in [9.17, 15) is 0 Å². The molecule has 1 fully saturated rings. The monoisotopic (exact) mass is 205 g/mol. The summed E-state index contributed by atoms with van der Waals surface area (Å²) in [5.41, 5.74) is 2.56. The lowest BCUT2D eigenvalue weighted by molar-refractivity contribution is 0.162. The maximum atomic E-state index is 4.11. The minimum absolute atomic E-state index is 0.513. The summed E-state index contributed by atoms with van der Waals surface area (Å²) in [6.45, 7) is 8.10. The van der Waals surface area contributed by atoms with Gasteiger partial charge in [0, 0.05) is 6.54 Å². The van der Waals surface area contributed by atoms with Gasteiger partial charge >= 0.3 is 0 Å². The number of aromatic nitrogens is 2. The van der Waals surface area contributed by atoms with E-state index in [1.54, 1.807) is 0 Å². The molecular weight excluding hydrogens is 186 g/mol. The topological polar surface area (TPSA) is 31.9 Å². The van der Waals surface area contributed by atoms with Crippen LogP contribution in [0.4, 0.5) is 0 Å². The van der Waals surface area contributed by atoms with Crippen LogP contribution in [0.2, 0.25) is 0 Å². The fourth-order valence-electron chi connectivity index (χ4n) is 2.40. The summed E-state index contributed by atoms with van der Waals surface area (Å²) in [6, 6.07) is 0.513. The van der Waals surface area contributed by atoms with Gasteiger partial charge in [-0.2, -0.15) is 5.10 Å². The van der Waals surface area contributed by atoms with Crippen LogP contribution >= 0.6 is 0 Å². The molecule has 0 aromatic carbocycles. The Labute approximate surface area is 91.2 Å². The Morgan fingerprint density at radius 2 is 2.53 bits per heavy atom. The molecule has 0 bridgehead atoms. The summed E-state index contributed by atoms with van der Waals surface area (Å²) in [6.07, 6.45) is 7.76. The number of aryl methyl sites for hydroxylation is 1. The van der Waals surface area contributed by atoms with Gasteiger partial charge < -0.3 is 0 Å². The van der Waals surface area contributed by atoms with Gasteiger partial charge in [-0.25, -0.2) is 0 Å². The lowest BCUT2D eigenvalue weighted by Crippen LogP contribution is -2.34. The molecule has 0 radical (unpaired) electrons. The average Bonchev–Trinajstić information content (AvgIpc) is 2.66. The highest BCUT2D eigenvalue weighted by molar-refractivity contribution is 5.18. The maximum absolute atomic E-state index is 4.11. The van der Waals surface area contributed by atoms with Crippen LogP contribution in [0.1, 0.15) is 36.6 Å². The molecule has 2 heterocycles. The molecule has 0 amide bonds. The van der Waals surface area contributed by atoms with Crippen LogP contribution in [-0.4, -0.2) is 28.2 Å². The molecule has 2 rings (SSSR count). The van der Waals surface area contributed by atoms with Crippen LogP contribution in [0.5, 0.6) is 0 Å². The predicted octanol–water partition coefficient (Wildman–Crippen LogP) is 2.43. The molecule has 1 aromatic heterocycles. The summed E-state index contributed by atoms with van der Waals surface area (Å²) in [5.74, 6) is 0. The first-order valence-electron chi connectivity index (χ1n) is 5.67. The molecule has 1 aromatic rings. The Kier molecular flexibility index (Phi) is 3.21. The highest BCUT2D eigenvalue weighted by Gasteiger charge is 2.25. The number of hydrogen-bond acceptors (Lipinski definition) is 2. The number of aromatic amines is 1. The fraction of sp³-hybridized carbons (Fsp3) is 0.583. The van der Waals surface area contributed by atoms with E-state index >= 15 is 0 Å². The third-order valence-corrected chi connectivity index (χ3v) is 3.18. The molecule has 15 heavy (non-hydrogen) atoms. The van der Waals surface area contributed by atoms with Crippen LogP contribution in [-0.2, 0) is 0 Å². The number of hydrogen-bond donors (Lipinski definition) is 1. The van der Waals surface area contributed by atoms with Gasteiger partial charge in [0.2, 0.25) is 0 Å². The van der Waals surface area contributed by atoms with E-state index < -0.39 is 0 Å². The largest absolute Gasteiger partial charge is 0.291 e. The van der Waals surface area contributed by atoms with Crippen molar-refractivity contribution in [2.45, 2.75) is 32.2 Å². The fourth-order valence-corrected chi connectivity index (χ4v) is 2.40. The summed E-state index contributed by atoms with van der Waals surface area (Å²) < 4.78 is 0. The summed E-state index contributed by atoms with van der Waals surface area (Å²) in [7, 11) is 0. The summed E-state index contributed by atoms with van der Waals surface area (Å²) >= 11 is 0. The van der Waals surface area contributed by atoms with Crippen LogP contribution < -0.4 is 0 Å². The molecular formula is C12H19N3. The summed E-state index contributed by atoms with van der Waals surface area (Å²) in [4.78, 5) is 2.48. The molecule has 0 aliphatic carbocycles. The Bertz CT molecular complexity index is 329. The SMILES string of the molecule is C=CCN1CCCCC1c1[nH]ncc1C. The normalized spacial score (nSPS) is 22.9. The molecule has 3 heteroatoms. The van der Waals surface area contributed by atoms with E-state index in [0.717, 1.165) is 6.54 Å². The van der Waals surface area contributed by atoms with Crippen molar-refractivity contribution in [1.82, 2.24) is 15.1 Å². The first kappa shape index (κ1) is 10.4. The Hall–Kier alpha value is -1.09. The average molecular weight is 205 g/mol. The molecule has 1 aliphatic rings. The Morgan fingerprint density at radius 3 is 3.20 bits per heavy atom. The lowest BCUT2D eigenvalue weighted by Gasteiger charge is -2.34. The van der Waals surface area contributed by atoms with Gasteiger partial charge in [-0.15, -0.1) is 6.58 Å². The molecule has 1 unspecified atom stereocenters. The van der Waals surface area contributed by atoms with Gasteiger partial charge in [0.15, 0.2) is 0 Å². The van der Waals surface area contributed by atoms with E-state index in [1.807, 2.05) is 12.3 Å². The molecule has 0 saturated carbocycles. The molecule has 1 atom stereocenters. The van der Waals surface area contributed by atoms with Crippen LogP contribution in [0.25, 0.3) is 0 Å². The van der Waals surface area contributed by atoms with Crippen molar-refractivity contribution in [3.8, 4) is 0 Å². The number of likely N-dealkylation sites (tertiary alicyclic amines) is 1. The zero-order valence-corrected chi connectivity index (χ0v) is 9.37. The van der Waals surface area contributed by atoms with E-state index in [0.29, 0.717) is 6.04 Å². The molecule has 0 spiro atoms. The third kappa shape index (κ3) is 2.12. The smallest absolute Gasteiger partial charge is 0.0553 e. The van der Waals surface area contributed by atoms with Crippen molar-refractivity contribution < 1.29 is 0 Å². The molecule has 1 saturated heterocycles. The van der Waals surface area contributed by atoms with E-state index in [2.05, 4.69) is 28.6 Å². The second-order valence-electron chi connectivity index (χ2n) is 4.26. The highest BCUT2D eigenvalue weighted by atomic mass is 15.2. The molecule has 1 aliphatic heterocycles. The zero-order chi connectivity index (χ0) is 10.7. The van der Waals surface area contributed by atoms with Crippen LogP contribution in [0.15, 0.2) is 18.9 Å². The Balaban J connectivity index is 2.17. The van der Waals surface area contributed by atoms with Crippen molar-refractivity contribution in [3.05, 3.63) is 30.1 Å². The first-order valence-corrected chi connectivity index (χ1v) is 5.67. The number of rotatable bonds is 3. The summed E-state index contributed by atoms with van der Waals surface area (Å²) in [5, 5.41) is 7.25. The van der Waals surface area contributed by atoms with Crippen LogP contribution in [0, 0.1) is 6.92 Å². The highest BCUT2D eigenvalue weighted by Crippen LogP contribution is 2.30. The number of H-pyrrole nitrogens is 1. The van der Waals surface area contributed by atoms with Crippen LogP contribution in [0.3, 0.4) is 0 Å². The van der Waals surface area contributed by atoms with E-state index in [4.69, 9.17) is 0 Å². The third-order valence-electron chi connectivity index (χ3n) is 3.18. The van der Waals surface area contributed by atoms with Crippen molar-refractivity contribution in [3.63, 3.8) is 0 Å². The van der Waals surface area contributed by atoms with Crippen molar-refractivity contribution in [2.75, 3.05) is 13.1 Å². The van der Waals surface area contributed by atoms with Crippen molar-refractivity contribution in [1.29, 1.82) is 0 Å².